The van der Waals surface area contributed by atoms with Gasteiger partial charge >= 0.3 is 0 Å². The zero-order valence-corrected chi connectivity index (χ0v) is 10.7. The van der Waals surface area contributed by atoms with Gasteiger partial charge in [0.25, 0.3) is 0 Å². The van der Waals surface area contributed by atoms with Crippen LogP contribution in [-0.4, -0.2) is 16.7 Å². The van der Waals surface area contributed by atoms with Gasteiger partial charge in [-0.3, -0.25) is 0 Å². The van der Waals surface area contributed by atoms with Crippen LogP contribution in [-0.2, 0) is 6.42 Å². The molecule has 0 fully saturated rings. The highest BCUT2D eigenvalue weighted by atomic mass is 79.9. The highest BCUT2D eigenvalue weighted by molar-refractivity contribution is 9.10. The van der Waals surface area contributed by atoms with E-state index in [0.717, 1.165) is 5.01 Å². The van der Waals surface area contributed by atoms with Crippen molar-refractivity contribution in [3.05, 3.63) is 33.5 Å². The number of hydrogen-bond acceptors (Lipinski definition) is 4. The van der Waals surface area contributed by atoms with E-state index in [2.05, 4.69) is 26.1 Å². The summed E-state index contributed by atoms with van der Waals surface area (Å²) in [6.45, 7) is 0.523. The maximum Gasteiger partial charge on any atom is 0.150 e. The Kier molecular flexibility index (Phi) is 3.63. The average molecular weight is 302 g/mol. The second kappa shape index (κ2) is 4.99. The van der Waals surface area contributed by atoms with E-state index in [9.17, 15) is 4.39 Å². The van der Waals surface area contributed by atoms with Crippen LogP contribution in [0.15, 0.2) is 22.7 Å². The monoisotopic (exact) mass is 301 g/mol. The largest absolute Gasteiger partial charge is 0.330 e. The van der Waals surface area contributed by atoms with Gasteiger partial charge in [-0.15, -0.1) is 10.2 Å². The number of aromatic nitrogens is 2. The van der Waals surface area contributed by atoms with Gasteiger partial charge in [0, 0.05) is 12.0 Å². The topological polar surface area (TPSA) is 51.8 Å². The number of nitrogens with two attached hydrogens (primary N) is 1. The van der Waals surface area contributed by atoms with Crippen LogP contribution in [0.25, 0.3) is 10.6 Å². The number of rotatable bonds is 3. The van der Waals surface area contributed by atoms with E-state index in [4.69, 9.17) is 5.73 Å². The summed E-state index contributed by atoms with van der Waals surface area (Å²) >= 11 is 4.51. The van der Waals surface area contributed by atoms with Crippen LogP contribution in [0.1, 0.15) is 5.01 Å². The predicted octanol–water partition coefficient (Wildman–Crippen LogP) is 2.61. The van der Waals surface area contributed by atoms with Crippen molar-refractivity contribution < 1.29 is 4.39 Å². The number of halogens is 2. The first-order valence-corrected chi connectivity index (χ1v) is 6.30. The first-order chi connectivity index (χ1) is 7.72. The second-order valence-corrected chi connectivity index (χ2v) is 5.06. The molecule has 0 aliphatic rings. The molecule has 2 N–H and O–H groups in total. The van der Waals surface area contributed by atoms with E-state index in [1.165, 1.54) is 11.3 Å². The lowest BCUT2D eigenvalue weighted by molar-refractivity contribution is 0.624. The average Bonchev–Trinajstić information content (AvgIpc) is 2.71. The van der Waals surface area contributed by atoms with Crippen molar-refractivity contribution in [2.24, 2.45) is 5.73 Å². The molecule has 0 spiro atoms. The van der Waals surface area contributed by atoms with Gasteiger partial charge in [0.2, 0.25) is 0 Å². The summed E-state index contributed by atoms with van der Waals surface area (Å²) in [5, 5.41) is 9.33. The van der Waals surface area contributed by atoms with Gasteiger partial charge in [-0.05, 0) is 34.6 Å². The Hall–Kier alpha value is -0.850. The molecule has 3 nitrogen and oxygen atoms in total. The minimum absolute atomic E-state index is 0.307. The number of nitrogens with zero attached hydrogens (tertiary/aromatic N) is 2. The van der Waals surface area contributed by atoms with E-state index in [0.29, 0.717) is 28.0 Å². The van der Waals surface area contributed by atoms with E-state index < -0.39 is 0 Å². The van der Waals surface area contributed by atoms with Crippen molar-refractivity contribution in [1.29, 1.82) is 0 Å². The van der Waals surface area contributed by atoms with Crippen LogP contribution < -0.4 is 5.73 Å². The normalized spacial score (nSPS) is 10.7. The Labute approximate surface area is 105 Å². The Morgan fingerprint density at radius 3 is 2.94 bits per heavy atom. The van der Waals surface area contributed by atoms with Gasteiger partial charge < -0.3 is 5.73 Å². The summed E-state index contributed by atoms with van der Waals surface area (Å²) in [5.41, 5.74) is 5.89. The zero-order valence-electron chi connectivity index (χ0n) is 8.28. The summed E-state index contributed by atoms with van der Waals surface area (Å²) < 4.78 is 14.2. The van der Waals surface area contributed by atoms with Crippen molar-refractivity contribution in [2.75, 3.05) is 6.54 Å². The van der Waals surface area contributed by atoms with Gasteiger partial charge in [-0.25, -0.2) is 4.39 Å². The maximum absolute atomic E-state index is 13.7. The molecule has 6 heteroatoms. The summed E-state index contributed by atoms with van der Waals surface area (Å²) in [4.78, 5) is 0. The summed E-state index contributed by atoms with van der Waals surface area (Å²) in [6, 6.07) is 5.11. The molecule has 0 aliphatic carbocycles. The van der Waals surface area contributed by atoms with Crippen LogP contribution in [0.5, 0.6) is 0 Å². The standard InChI is InChI=1S/C10H9BrFN3S/c11-7-3-1-2-6(9(7)12)10-15-14-8(16-10)4-5-13/h1-3H,4-5,13H2. The molecule has 0 radical (unpaired) electrons. The molecule has 0 bridgehead atoms. The molecule has 0 saturated carbocycles. The predicted molar refractivity (Wildman–Crippen MR) is 65.8 cm³/mol. The Morgan fingerprint density at radius 1 is 1.38 bits per heavy atom. The third kappa shape index (κ3) is 2.28. The van der Waals surface area contributed by atoms with E-state index >= 15 is 0 Å². The van der Waals surface area contributed by atoms with Crippen molar-refractivity contribution >= 4 is 27.3 Å². The minimum atomic E-state index is -0.307. The fraction of sp³-hybridized carbons (Fsp3) is 0.200. The van der Waals surface area contributed by atoms with Crippen LogP contribution >= 0.6 is 27.3 Å². The smallest absolute Gasteiger partial charge is 0.150 e. The molecule has 1 aromatic carbocycles. The van der Waals surface area contributed by atoms with Crippen LogP contribution in [0.2, 0.25) is 0 Å². The van der Waals surface area contributed by atoms with Crippen molar-refractivity contribution in [1.82, 2.24) is 10.2 Å². The second-order valence-electron chi connectivity index (χ2n) is 3.14. The Balaban J connectivity index is 2.39. The van der Waals surface area contributed by atoms with Crippen LogP contribution in [0.4, 0.5) is 4.39 Å². The lowest BCUT2D eigenvalue weighted by atomic mass is 10.2. The maximum atomic E-state index is 13.7. The first kappa shape index (κ1) is 11.6. The lowest BCUT2D eigenvalue weighted by Gasteiger charge is -1.99. The molecule has 2 rings (SSSR count). The molecule has 0 unspecified atom stereocenters. The fourth-order valence-corrected chi connectivity index (χ4v) is 2.50. The minimum Gasteiger partial charge on any atom is -0.330 e. The van der Waals surface area contributed by atoms with Gasteiger partial charge in [0.15, 0.2) is 5.01 Å². The van der Waals surface area contributed by atoms with E-state index in [-0.39, 0.29) is 5.82 Å². The van der Waals surface area contributed by atoms with E-state index in [1.54, 1.807) is 18.2 Å². The molecule has 1 heterocycles. The van der Waals surface area contributed by atoms with Crippen molar-refractivity contribution in [3.8, 4) is 10.6 Å². The Bertz CT molecular complexity index is 501. The van der Waals surface area contributed by atoms with Crippen molar-refractivity contribution in [2.45, 2.75) is 6.42 Å². The summed E-state index contributed by atoms with van der Waals surface area (Å²) in [5.74, 6) is -0.307. The van der Waals surface area contributed by atoms with E-state index in [1.807, 2.05) is 0 Å². The van der Waals surface area contributed by atoms with Crippen LogP contribution in [0.3, 0.4) is 0 Å². The van der Waals surface area contributed by atoms with Crippen molar-refractivity contribution in [3.63, 3.8) is 0 Å². The number of benzene rings is 1. The lowest BCUT2D eigenvalue weighted by Crippen LogP contribution is -2.01. The molecule has 1 aromatic heterocycles. The molecular weight excluding hydrogens is 293 g/mol. The molecule has 0 saturated heterocycles. The molecule has 84 valence electrons. The highest BCUT2D eigenvalue weighted by Crippen LogP contribution is 2.29. The molecule has 2 aromatic rings. The molecule has 0 amide bonds. The molecule has 0 atom stereocenters. The van der Waals surface area contributed by atoms with Gasteiger partial charge in [0.1, 0.15) is 10.8 Å². The molecule has 16 heavy (non-hydrogen) atoms. The highest BCUT2D eigenvalue weighted by Gasteiger charge is 2.12. The zero-order chi connectivity index (χ0) is 11.5. The fourth-order valence-electron chi connectivity index (χ4n) is 1.26. The van der Waals surface area contributed by atoms with Gasteiger partial charge in [-0.2, -0.15) is 0 Å². The van der Waals surface area contributed by atoms with Gasteiger partial charge in [0.05, 0.1) is 4.47 Å². The third-order valence-electron chi connectivity index (χ3n) is 2.01. The SMILES string of the molecule is NCCc1nnc(-c2cccc(Br)c2F)s1. The number of hydrogen-bond donors (Lipinski definition) is 1. The van der Waals surface area contributed by atoms with Crippen LogP contribution in [0, 0.1) is 5.82 Å². The van der Waals surface area contributed by atoms with Gasteiger partial charge in [-0.1, -0.05) is 17.4 Å². The first-order valence-electron chi connectivity index (χ1n) is 4.69. The molecular formula is C10H9BrFN3S. The summed E-state index contributed by atoms with van der Waals surface area (Å²) in [7, 11) is 0. The molecule has 0 aliphatic heterocycles. The quantitative estimate of drug-likeness (QED) is 0.948. The Morgan fingerprint density at radius 2 is 2.19 bits per heavy atom. The summed E-state index contributed by atoms with van der Waals surface area (Å²) in [6.07, 6.45) is 0.674. The third-order valence-corrected chi connectivity index (χ3v) is 3.64.